The molecule has 3 aromatic rings. The number of fused-ring (bicyclic) bond motifs is 1. The molecule has 20 heavy (non-hydrogen) atoms. The lowest BCUT2D eigenvalue weighted by Gasteiger charge is -1.97. The first-order valence-electron chi connectivity index (χ1n) is 6.43. The minimum Gasteiger partial charge on any atom is -0.476 e. The van der Waals surface area contributed by atoms with E-state index in [4.69, 9.17) is 0 Å². The SMILES string of the molecule is CCCn1cnc(-c2nc(C(=O)O)c3ccccn23)c1. The van der Waals surface area contributed by atoms with Crippen molar-refractivity contribution in [2.75, 3.05) is 0 Å². The van der Waals surface area contributed by atoms with Gasteiger partial charge in [0.05, 0.1) is 11.8 Å². The van der Waals surface area contributed by atoms with Gasteiger partial charge in [0.25, 0.3) is 0 Å². The number of hydrogen-bond donors (Lipinski definition) is 1. The van der Waals surface area contributed by atoms with Crippen molar-refractivity contribution >= 4 is 11.5 Å². The summed E-state index contributed by atoms with van der Waals surface area (Å²) in [6, 6.07) is 5.37. The van der Waals surface area contributed by atoms with Crippen molar-refractivity contribution < 1.29 is 9.90 Å². The molecule has 3 heterocycles. The van der Waals surface area contributed by atoms with E-state index in [1.165, 1.54) is 0 Å². The number of pyridine rings is 1. The fourth-order valence-corrected chi connectivity index (χ4v) is 2.23. The van der Waals surface area contributed by atoms with Gasteiger partial charge in [-0.25, -0.2) is 14.8 Å². The number of aryl methyl sites for hydroxylation is 1. The van der Waals surface area contributed by atoms with E-state index in [2.05, 4.69) is 16.9 Å². The lowest BCUT2D eigenvalue weighted by atomic mass is 10.3. The number of imidazole rings is 2. The molecule has 0 spiro atoms. The molecule has 0 aliphatic rings. The number of aromatic nitrogens is 4. The summed E-state index contributed by atoms with van der Waals surface area (Å²) in [5.41, 5.74) is 1.29. The Morgan fingerprint density at radius 3 is 3.00 bits per heavy atom. The molecule has 0 amide bonds. The number of hydrogen-bond acceptors (Lipinski definition) is 3. The van der Waals surface area contributed by atoms with E-state index in [9.17, 15) is 9.90 Å². The van der Waals surface area contributed by atoms with Gasteiger partial charge in [-0.3, -0.25) is 4.40 Å². The van der Waals surface area contributed by atoms with Gasteiger partial charge < -0.3 is 9.67 Å². The van der Waals surface area contributed by atoms with E-state index in [-0.39, 0.29) is 5.69 Å². The predicted octanol–water partition coefficient (Wildman–Crippen LogP) is 2.31. The summed E-state index contributed by atoms with van der Waals surface area (Å²) in [7, 11) is 0. The molecule has 0 bridgehead atoms. The largest absolute Gasteiger partial charge is 0.476 e. The van der Waals surface area contributed by atoms with E-state index in [0.717, 1.165) is 13.0 Å². The van der Waals surface area contributed by atoms with Gasteiger partial charge >= 0.3 is 5.97 Å². The van der Waals surface area contributed by atoms with Crippen molar-refractivity contribution in [2.24, 2.45) is 0 Å². The van der Waals surface area contributed by atoms with Gasteiger partial charge in [-0.2, -0.15) is 0 Å². The average Bonchev–Trinajstić information content (AvgIpc) is 3.03. The molecule has 0 saturated heterocycles. The van der Waals surface area contributed by atoms with Crippen molar-refractivity contribution in [3.8, 4) is 11.5 Å². The number of carboxylic acid groups (broad SMARTS) is 1. The maximum atomic E-state index is 11.3. The molecule has 3 aromatic heterocycles. The average molecular weight is 270 g/mol. The second kappa shape index (κ2) is 4.80. The third-order valence-corrected chi connectivity index (χ3v) is 3.10. The highest BCUT2D eigenvalue weighted by Gasteiger charge is 2.18. The second-order valence-electron chi connectivity index (χ2n) is 4.54. The van der Waals surface area contributed by atoms with Crippen LogP contribution in [0.2, 0.25) is 0 Å². The summed E-state index contributed by atoms with van der Waals surface area (Å²) in [5.74, 6) is -0.485. The van der Waals surface area contributed by atoms with Crippen molar-refractivity contribution in [3.63, 3.8) is 0 Å². The molecule has 0 aliphatic carbocycles. The fourth-order valence-electron chi connectivity index (χ4n) is 2.23. The summed E-state index contributed by atoms with van der Waals surface area (Å²) in [6.45, 7) is 2.97. The quantitative estimate of drug-likeness (QED) is 0.789. The summed E-state index contributed by atoms with van der Waals surface area (Å²) < 4.78 is 3.72. The van der Waals surface area contributed by atoms with Crippen LogP contribution in [0.4, 0.5) is 0 Å². The molecule has 0 fully saturated rings. The third kappa shape index (κ3) is 1.95. The van der Waals surface area contributed by atoms with Crippen LogP contribution < -0.4 is 0 Å². The van der Waals surface area contributed by atoms with Crippen molar-refractivity contribution in [2.45, 2.75) is 19.9 Å². The third-order valence-electron chi connectivity index (χ3n) is 3.10. The Hall–Kier alpha value is -2.63. The topological polar surface area (TPSA) is 72.4 Å². The van der Waals surface area contributed by atoms with Gasteiger partial charge in [0, 0.05) is 18.9 Å². The summed E-state index contributed by atoms with van der Waals surface area (Å²) in [5, 5.41) is 9.23. The first kappa shape index (κ1) is 12.4. The molecule has 3 rings (SSSR count). The van der Waals surface area contributed by atoms with Gasteiger partial charge in [-0.05, 0) is 18.6 Å². The molecule has 0 atom stereocenters. The first-order valence-corrected chi connectivity index (χ1v) is 6.43. The number of nitrogens with zero attached hydrogens (tertiary/aromatic N) is 4. The van der Waals surface area contributed by atoms with E-state index >= 15 is 0 Å². The summed E-state index contributed by atoms with van der Waals surface area (Å²) in [4.78, 5) is 19.8. The van der Waals surface area contributed by atoms with E-state index in [1.807, 2.05) is 16.8 Å². The lowest BCUT2D eigenvalue weighted by Crippen LogP contribution is -1.97. The first-order chi connectivity index (χ1) is 9.70. The molecule has 102 valence electrons. The van der Waals surface area contributed by atoms with Crippen molar-refractivity contribution in [3.05, 3.63) is 42.6 Å². The molecule has 6 nitrogen and oxygen atoms in total. The van der Waals surface area contributed by atoms with E-state index in [1.54, 1.807) is 29.1 Å². The highest BCUT2D eigenvalue weighted by atomic mass is 16.4. The minimum atomic E-state index is -1.03. The summed E-state index contributed by atoms with van der Waals surface area (Å²) in [6.07, 6.45) is 6.43. The van der Waals surface area contributed by atoms with Crippen LogP contribution in [0.3, 0.4) is 0 Å². The lowest BCUT2D eigenvalue weighted by molar-refractivity contribution is 0.0693. The number of rotatable bonds is 4. The van der Waals surface area contributed by atoms with Crippen LogP contribution in [0.1, 0.15) is 23.8 Å². The van der Waals surface area contributed by atoms with Crippen LogP contribution in [0, 0.1) is 0 Å². The van der Waals surface area contributed by atoms with Crippen LogP contribution in [-0.4, -0.2) is 30.0 Å². The normalized spacial score (nSPS) is 11.1. The number of aromatic carboxylic acids is 1. The molecule has 0 radical (unpaired) electrons. The molecule has 0 saturated carbocycles. The van der Waals surface area contributed by atoms with Crippen molar-refractivity contribution in [1.29, 1.82) is 0 Å². The minimum absolute atomic E-state index is 0.0469. The number of carbonyl (C=O) groups is 1. The van der Waals surface area contributed by atoms with Crippen LogP contribution in [-0.2, 0) is 6.54 Å². The second-order valence-corrected chi connectivity index (χ2v) is 4.54. The summed E-state index contributed by atoms with van der Waals surface area (Å²) >= 11 is 0. The molecule has 0 aromatic carbocycles. The Bertz CT molecular complexity index is 772. The zero-order valence-electron chi connectivity index (χ0n) is 11.0. The Labute approximate surface area is 115 Å². The predicted molar refractivity (Wildman–Crippen MR) is 73.7 cm³/mol. The molecule has 1 N–H and O–H groups in total. The van der Waals surface area contributed by atoms with Crippen LogP contribution in [0.25, 0.3) is 17.0 Å². The monoisotopic (exact) mass is 270 g/mol. The van der Waals surface area contributed by atoms with Crippen LogP contribution >= 0.6 is 0 Å². The van der Waals surface area contributed by atoms with Crippen LogP contribution in [0.15, 0.2) is 36.9 Å². The maximum absolute atomic E-state index is 11.3. The molecule has 0 aliphatic heterocycles. The molecule has 6 heteroatoms. The Kier molecular flexibility index (Phi) is 2.98. The zero-order valence-corrected chi connectivity index (χ0v) is 11.0. The highest BCUT2D eigenvalue weighted by molar-refractivity contribution is 5.94. The van der Waals surface area contributed by atoms with Crippen LogP contribution in [0.5, 0.6) is 0 Å². The van der Waals surface area contributed by atoms with Gasteiger partial charge in [-0.1, -0.05) is 13.0 Å². The fraction of sp³-hybridized carbons (Fsp3) is 0.214. The van der Waals surface area contributed by atoms with Gasteiger partial charge in [0.1, 0.15) is 5.69 Å². The Morgan fingerprint density at radius 1 is 1.40 bits per heavy atom. The Morgan fingerprint density at radius 2 is 2.25 bits per heavy atom. The van der Waals surface area contributed by atoms with Gasteiger partial charge in [-0.15, -0.1) is 0 Å². The highest BCUT2D eigenvalue weighted by Crippen LogP contribution is 2.21. The van der Waals surface area contributed by atoms with E-state index < -0.39 is 5.97 Å². The zero-order chi connectivity index (χ0) is 14.1. The van der Waals surface area contributed by atoms with Crippen molar-refractivity contribution in [1.82, 2.24) is 18.9 Å². The molecular weight excluding hydrogens is 256 g/mol. The number of carboxylic acids is 1. The van der Waals surface area contributed by atoms with E-state index in [0.29, 0.717) is 17.0 Å². The maximum Gasteiger partial charge on any atom is 0.356 e. The smallest absolute Gasteiger partial charge is 0.356 e. The Balaban J connectivity index is 2.17. The standard InChI is InChI=1S/C14H14N4O2/c1-2-6-17-8-10(15-9-17)13-16-12(14(19)20)11-5-3-4-7-18(11)13/h3-5,7-9H,2,6H2,1H3,(H,19,20). The van der Waals surface area contributed by atoms with Gasteiger partial charge in [0.2, 0.25) is 0 Å². The van der Waals surface area contributed by atoms with Gasteiger partial charge in [0.15, 0.2) is 11.5 Å². The molecule has 0 unspecified atom stereocenters. The molecular formula is C14H14N4O2.